The summed E-state index contributed by atoms with van der Waals surface area (Å²) >= 11 is 0. The van der Waals surface area contributed by atoms with Crippen molar-refractivity contribution >= 4 is 0 Å². The third kappa shape index (κ3) is 3.03. The van der Waals surface area contributed by atoms with Gasteiger partial charge in [-0.25, -0.2) is 0 Å². The Labute approximate surface area is 102 Å². The van der Waals surface area contributed by atoms with Crippen molar-refractivity contribution in [2.75, 3.05) is 19.8 Å². The quantitative estimate of drug-likeness (QED) is 0.815. The number of aromatic nitrogens is 1. The molecule has 2 heterocycles. The van der Waals surface area contributed by atoms with E-state index in [1.807, 2.05) is 12.1 Å². The van der Waals surface area contributed by atoms with Crippen molar-refractivity contribution in [3.63, 3.8) is 0 Å². The minimum Gasteiger partial charge on any atom is -0.392 e. The molecule has 17 heavy (non-hydrogen) atoms. The van der Waals surface area contributed by atoms with Crippen molar-refractivity contribution in [3.05, 3.63) is 30.1 Å². The molecular formula is C13H20N2O2. The summed E-state index contributed by atoms with van der Waals surface area (Å²) in [6.07, 6.45) is 4.95. The monoisotopic (exact) mass is 236 g/mol. The summed E-state index contributed by atoms with van der Waals surface area (Å²) < 4.78 is 5.32. The number of aliphatic hydroxyl groups is 1. The van der Waals surface area contributed by atoms with Crippen LogP contribution in [0.5, 0.6) is 0 Å². The number of ether oxygens (including phenoxy) is 1. The summed E-state index contributed by atoms with van der Waals surface area (Å²) in [7, 11) is 0. The first kappa shape index (κ1) is 12.5. The molecule has 4 heteroatoms. The molecule has 1 aliphatic heterocycles. The molecule has 0 spiro atoms. The number of nitrogens with zero attached hydrogens (tertiary/aromatic N) is 1. The fourth-order valence-corrected chi connectivity index (χ4v) is 2.47. The Morgan fingerprint density at radius 3 is 2.59 bits per heavy atom. The molecule has 4 nitrogen and oxygen atoms in total. The van der Waals surface area contributed by atoms with Crippen LogP contribution in [0.2, 0.25) is 0 Å². The molecule has 1 fully saturated rings. The molecule has 1 aromatic rings. The number of nitrogens with two attached hydrogens (primary N) is 1. The van der Waals surface area contributed by atoms with Crippen molar-refractivity contribution < 1.29 is 9.84 Å². The zero-order valence-electron chi connectivity index (χ0n) is 9.96. The molecule has 0 aliphatic carbocycles. The van der Waals surface area contributed by atoms with Crippen LogP contribution < -0.4 is 5.73 Å². The van der Waals surface area contributed by atoms with Crippen LogP contribution in [0.4, 0.5) is 0 Å². The van der Waals surface area contributed by atoms with Crippen LogP contribution in [0.25, 0.3) is 0 Å². The highest BCUT2D eigenvalue weighted by Gasteiger charge is 2.29. The van der Waals surface area contributed by atoms with Crippen molar-refractivity contribution in [1.82, 2.24) is 4.98 Å². The second kappa shape index (κ2) is 6.10. The van der Waals surface area contributed by atoms with Gasteiger partial charge in [-0.15, -0.1) is 0 Å². The Bertz CT molecular complexity index is 325. The summed E-state index contributed by atoms with van der Waals surface area (Å²) in [6, 6.07) is 3.86. The Balaban J connectivity index is 2.07. The fourth-order valence-electron chi connectivity index (χ4n) is 2.47. The van der Waals surface area contributed by atoms with E-state index in [2.05, 4.69) is 4.98 Å². The van der Waals surface area contributed by atoms with Gasteiger partial charge >= 0.3 is 0 Å². The van der Waals surface area contributed by atoms with Gasteiger partial charge in [0.05, 0.1) is 6.10 Å². The lowest BCUT2D eigenvalue weighted by Crippen LogP contribution is -2.35. The van der Waals surface area contributed by atoms with E-state index in [9.17, 15) is 5.11 Å². The molecule has 1 aromatic heterocycles. The SMILES string of the molecule is NCC(c1ccncc1)C(O)C1CCOCC1. The van der Waals surface area contributed by atoms with E-state index in [1.165, 1.54) is 0 Å². The first-order valence-electron chi connectivity index (χ1n) is 6.18. The molecule has 0 aromatic carbocycles. The smallest absolute Gasteiger partial charge is 0.0650 e. The van der Waals surface area contributed by atoms with Gasteiger partial charge in [-0.1, -0.05) is 0 Å². The zero-order chi connectivity index (χ0) is 12.1. The van der Waals surface area contributed by atoms with Crippen LogP contribution in [0.3, 0.4) is 0 Å². The highest BCUT2D eigenvalue weighted by atomic mass is 16.5. The van der Waals surface area contributed by atoms with Crippen LogP contribution >= 0.6 is 0 Å². The fraction of sp³-hybridized carbons (Fsp3) is 0.615. The van der Waals surface area contributed by atoms with E-state index in [4.69, 9.17) is 10.5 Å². The lowest BCUT2D eigenvalue weighted by Gasteiger charge is -2.31. The number of hydrogen-bond donors (Lipinski definition) is 2. The van der Waals surface area contributed by atoms with Crippen LogP contribution in [-0.4, -0.2) is 36.0 Å². The van der Waals surface area contributed by atoms with Gasteiger partial charge in [0.25, 0.3) is 0 Å². The maximum Gasteiger partial charge on any atom is 0.0650 e. The van der Waals surface area contributed by atoms with E-state index < -0.39 is 0 Å². The van der Waals surface area contributed by atoms with E-state index in [1.54, 1.807) is 12.4 Å². The Hall–Kier alpha value is -0.970. The van der Waals surface area contributed by atoms with E-state index in [-0.39, 0.29) is 12.0 Å². The van der Waals surface area contributed by atoms with Crippen LogP contribution in [0.15, 0.2) is 24.5 Å². The van der Waals surface area contributed by atoms with Gasteiger partial charge in [0.2, 0.25) is 0 Å². The molecule has 2 rings (SSSR count). The summed E-state index contributed by atoms with van der Waals surface area (Å²) in [4.78, 5) is 3.99. The molecule has 1 aliphatic rings. The van der Waals surface area contributed by atoms with Gasteiger partial charge in [-0.2, -0.15) is 0 Å². The van der Waals surface area contributed by atoms with E-state index in [0.29, 0.717) is 12.5 Å². The van der Waals surface area contributed by atoms with Gasteiger partial charge in [0.15, 0.2) is 0 Å². The number of rotatable bonds is 4. The normalized spacial score (nSPS) is 21.1. The summed E-state index contributed by atoms with van der Waals surface area (Å²) in [5.74, 6) is 0.298. The minimum atomic E-state index is -0.383. The highest BCUT2D eigenvalue weighted by Crippen LogP contribution is 2.28. The number of hydrogen-bond acceptors (Lipinski definition) is 4. The predicted molar refractivity (Wildman–Crippen MR) is 65.6 cm³/mol. The van der Waals surface area contributed by atoms with Crippen LogP contribution in [0, 0.1) is 5.92 Å². The minimum absolute atomic E-state index is 0.00102. The maximum absolute atomic E-state index is 10.4. The molecule has 2 atom stereocenters. The van der Waals surface area contributed by atoms with Crippen molar-refractivity contribution in [1.29, 1.82) is 0 Å². The first-order valence-corrected chi connectivity index (χ1v) is 6.18. The van der Waals surface area contributed by atoms with Gasteiger partial charge in [-0.3, -0.25) is 4.98 Å². The Morgan fingerprint density at radius 2 is 2.00 bits per heavy atom. The van der Waals surface area contributed by atoms with Gasteiger partial charge in [-0.05, 0) is 36.5 Å². The highest BCUT2D eigenvalue weighted by molar-refractivity contribution is 5.18. The molecule has 0 radical (unpaired) electrons. The largest absolute Gasteiger partial charge is 0.392 e. The molecule has 0 bridgehead atoms. The average Bonchev–Trinajstić information content (AvgIpc) is 2.42. The summed E-state index contributed by atoms with van der Waals surface area (Å²) in [6.45, 7) is 1.95. The Morgan fingerprint density at radius 1 is 1.35 bits per heavy atom. The van der Waals surface area contributed by atoms with Crippen molar-refractivity contribution in [2.24, 2.45) is 11.7 Å². The molecule has 1 saturated heterocycles. The van der Waals surface area contributed by atoms with E-state index >= 15 is 0 Å². The topological polar surface area (TPSA) is 68.4 Å². The predicted octanol–water partition coefficient (Wildman–Crippen LogP) is 0.911. The zero-order valence-corrected chi connectivity index (χ0v) is 9.96. The second-order valence-electron chi connectivity index (χ2n) is 4.56. The van der Waals surface area contributed by atoms with Gasteiger partial charge < -0.3 is 15.6 Å². The van der Waals surface area contributed by atoms with Crippen molar-refractivity contribution in [3.8, 4) is 0 Å². The van der Waals surface area contributed by atoms with Crippen molar-refractivity contribution in [2.45, 2.75) is 24.9 Å². The lowest BCUT2D eigenvalue weighted by atomic mass is 9.82. The van der Waals surface area contributed by atoms with Crippen LogP contribution in [0.1, 0.15) is 24.3 Å². The molecule has 3 N–H and O–H groups in total. The lowest BCUT2D eigenvalue weighted by molar-refractivity contribution is -0.00195. The van der Waals surface area contributed by atoms with E-state index in [0.717, 1.165) is 31.6 Å². The standard InChI is InChI=1S/C13H20N2O2/c14-9-12(10-1-5-15-6-2-10)13(16)11-3-7-17-8-4-11/h1-2,5-6,11-13,16H,3-4,7-9,14H2. The summed E-state index contributed by atoms with van der Waals surface area (Å²) in [5.41, 5.74) is 6.87. The molecular weight excluding hydrogens is 216 g/mol. The van der Waals surface area contributed by atoms with Crippen LogP contribution in [-0.2, 0) is 4.74 Å². The maximum atomic E-state index is 10.4. The molecule has 2 unspecified atom stereocenters. The number of pyridine rings is 1. The average molecular weight is 236 g/mol. The second-order valence-corrected chi connectivity index (χ2v) is 4.56. The first-order chi connectivity index (χ1) is 8.33. The van der Waals surface area contributed by atoms with Gasteiger partial charge in [0.1, 0.15) is 0 Å². The third-order valence-corrected chi connectivity index (χ3v) is 3.55. The Kier molecular flexibility index (Phi) is 4.48. The third-order valence-electron chi connectivity index (χ3n) is 3.55. The molecule has 0 saturated carbocycles. The molecule has 94 valence electrons. The summed E-state index contributed by atoms with van der Waals surface area (Å²) in [5, 5.41) is 10.4. The number of aliphatic hydroxyl groups excluding tert-OH is 1. The van der Waals surface area contributed by atoms with Gasteiger partial charge in [0, 0.05) is 38.1 Å². The molecule has 0 amide bonds.